The lowest BCUT2D eigenvalue weighted by Gasteiger charge is -2.34. The minimum absolute atomic E-state index is 0.0425. The molecule has 2 aromatic carbocycles. The Balaban J connectivity index is 1.89. The summed E-state index contributed by atoms with van der Waals surface area (Å²) in [6.07, 6.45) is 0.340. The highest BCUT2D eigenvalue weighted by Gasteiger charge is 2.47. The molecule has 1 aliphatic carbocycles. The summed E-state index contributed by atoms with van der Waals surface area (Å²) in [7, 11) is 0. The van der Waals surface area contributed by atoms with Crippen LogP contribution < -0.4 is 18.9 Å². The van der Waals surface area contributed by atoms with Gasteiger partial charge < -0.3 is 23.7 Å². The van der Waals surface area contributed by atoms with Crippen LogP contribution in [0.1, 0.15) is 50.3 Å². The molecule has 0 unspecified atom stereocenters. The number of esters is 5. The number of rotatable bonds is 5. The summed E-state index contributed by atoms with van der Waals surface area (Å²) in [5.74, 6) is -3.67. The van der Waals surface area contributed by atoms with Gasteiger partial charge in [-0.1, -0.05) is 6.07 Å². The van der Waals surface area contributed by atoms with Crippen LogP contribution in [-0.2, 0) is 35.1 Å². The van der Waals surface area contributed by atoms with Crippen molar-refractivity contribution in [2.24, 2.45) is 11.8 Å². The third-order valence-corrected chi connectivity index (χ3v) is 5.99. The van der Waals surface area contributed by atoms with Gasteiger partial charge in [0.1, 0.15) is 0 Å². The van der Waals surface area contributed by atoms with Crippen LogP contribution in [0.4, 0.5) is 0 Å². The maximum absolute atomic E-state index is 12.6. The van der Waals surface area contributed by atoms with E-state index >= 15 is 0 Å². The first-order chi connectivity index (χ1) is 17.0. The normalized spacial score (nSPS) is 19.9. The van der Waals surface area contributed by atoms with Gasteiger partial charge in [-0.25, -0.2) is 0 Å². The minimum atomic E-state index is -0.606. The molecule has 1 saturated heterocycles. The molecule has 0 saturated carbocycles. The highest BCUT2D eigenvalue weighted by molar-refractivity contribution is 5.78. The lowest BCUT2D eigenvalue weighted by molar-refractivity contribution is -0.141. The van der Waals surface area contributed by atoms with Crippen molar-refractivity contribution in [1.82, 2.24) is 0 Å². The molecule has 0 radical (unpaired) electrons. The number of hydrogen-bond acceptors (Lipinski definition) is 10. The molecule has 4 rings (SSSR count). The second-order valence-corrected chi connectivity index (χ2v) is 8.66. The van der Waals surface area contributed by atoms with Crippen molar-refractivity contribution in [2.45, 2.75) is 40.0 Å². The van der Waals surface area contributed by atoms with Gasteiger partial charge in [-0.2, -0.15) is 0 Å². The van der Waals surface area contributed by atoms with Crippen molar-refractivity contribution < 1.29 is 47.7 Å². The van der Waals surface area contributed by atoms with Gasteiger partial charge in [0.2, 0.25) is 0 Å². The van der Waals surface area contributed by atoms with E-state index in [1.807, 2.05) is 0 Å². The molecule has 2 aromatic rings. The van der Waals surface area contributed by atoms with Crippen molar-refractivity contribution in [3.05, 3.63) is 47.0 Å². The number of cyclic esters (lactones) is 1. The largest absolute Gasteiger partial charge is 0.465 e. The molecule has 0 aromatic heterocycles. The lowest BCUT2D eigenvalue weighted by Crippen LogP contribution is -2.31. The first kappa shape index (κ1) is 24.9. The number of carbonyl (C=O) groups is 5. The predicted octanol–water partition coefficient (Wildman–Crippen LogP) is 2.87. The summed E-state index contributed by atoms with van der Waals surface area (Å²) in [5.41, 5.74) is 2.10. The molecule has 10 nitrogen and oxygen atoms in total. The Hall–Kier alpha value is -4.21. The zero-order chi connectivity index (χ0) is 26.1. The lowest BCUT2D eigenvalue weighted by atomic mass is 9.67. The van der Waals surface area contributed by atoms with Crippen LogP contribution in [0.5, 0.6) is 23.0 Å². The Morgan fingerprint density at radius 3 is 1.86 bits per heavy atom. The number of hydrogen-bond donors (Lipinski definition) is 0. The first-order valence-electron chi connectivity index (χ1n) is 11.2. The fraction of sp³-hybridized carbons (Fsp3) is 0.346. The van der Waals surface area contributed by atoms with Gasteiger partial charge in [-0.05, 0) is 47.4 Å². The fourth-order valence-electron chi connectivity index (χ4n) is 4.78. The van der Waals surface area contributed by atoms with Crippen molar-refractivity contribution in [1.29, 1.82) is 0 Å². The highest BCUT2D eigenvalue weighted by atomic mass is 16.6. The molecule has 0 spiro atoms. The van der Waals surface area contributed by atoms with Gasteiger partial charge in [-0.3, -0.25) is 24.0 Å². The van der Waals surface area contributed by atoms with E-state index in [0.29, 0.717) is 17.5 Å². The average Bonchev–Trinajstić information content (AvgIpc) is 3.13. The highest BCUT2D eigenvalue weighted by Crippen LogP contribution is 2.50. The fourth-order valence-corrected chi connectivity index (χ4v) is 4.78. The van der Waals surface area contributed by atoms with E-state index in [4.69, 9.17) is 23.7 Å². The van der Waals surface area contributed by atoms with Crippen LogP contribution in [-0.4, -0.2) is 36.5 Å². The summed E-state index contributed by atoms with van der Waals surface area (Å²) in [4.78, 5) is 59.2. The maximum atomic E-state index is 12.6. The van der Waals surface area contributed by atoms with Crippen LogP contribution in [0, 0.1) is 11.8 Å². The number of benzene rings is 2. The maximum Gasteiger partial charge on any atom is 0.309 e. The monoisotopic (exact) mass is 496 g/mol. The summed E-state index contributed by atoms with van der Waals surface area (Å²) in [6.45, 7) is 5.07. The Morgan fingerprint density at radius 1 is 0.750 bits per heavy atom. The average molecular weight is 496 g/mol. The summed E-state index contributed by atoms with van der Waals surface area (Å²) in [6, 6.07) is 7.99. The van der Waals surface area contributed by atoms with E-state index in [2.05, 4.69) is 0 Å². The third kappa shape index (κ3) is 5.07. The Kier molecular flexibility index (Phi) is 6.78. The van der Waals surface area contributed by atoms with Gasteiger partial charge in [0.25, 0.3) is 0 Å². The molecule has 0 amide bonds. The van der Waals surface area contributed by atoms with Crippen LogP contribution in [0.15, 0.2) is 30.3 Å². The summed E-state index contributed by atoms with van der Waals surface area (Å²) < 4.78 is 26.4. The van der Waals surface area contributed by atoms with Crippen LogP contribution >= 0.6 is 0 Å². The molecular weight excluding hydrogens is 472 g/mol. The van der Waals surface area contributed by atoms with E-state index in [1.54, 1.807) is 24.3 Å². The SMILES string of the molecule is CC(=O)Oc1ccc([C@@H]2c3cc(OC(C)=O)c(OC(C)=O)cc3C[C@@H]3C(=O)OC[C@H]23)cc1OC(C)=O. The van der Waals surface area contributed by atoms with Gasteiger partial charge in [-0.15, -0.1) is 0 Å². The molecule has 1 aliphatic heterocycles. The molecule has 36 heavy (non-hydrogen) atoms. The van der Waals surface area contributed by atoms with Crippen molar-refractivity contribution >= 4 is 29.8 Å². The van der Waals surface area contributed by atoms with Crippen molar-refractivity contribution in [2.75, 3.05) is 6.61 Å². The second kappa shape index (κ2) is 9.80. The van der Waals surface area contributed by atoms with Gasteiger partial charge in [0, 0.05) is 39.5 Å². The Bertz CT molecular complexity index is 1280. The van der Waals surface area contributed by atoms with Gasteiger partial charge >= 0.3 is 29.8 Å². The summed E-state index contributed by atoms with van der Waals surface area (Å²) >= 11 is 0. The van der Waals surface area contributed by atoms with Crippen LogP contribution in [0.2, 0.25) is 0 Å². The Labute approximate surface area is 206 Å². The summed E-state index contributed by atoms with van der Waals surface area (Å²) in [5, 5.41) is 0. The van der Waals surface area contributed by atoms with E-state index in [1.165, 1.54) is 33.8 Å². The standard InChI is InChI=1S/C26H24O10/c1-12(27)33-21-6-5-16(8-22(21)34-13(2)28)25-18-10-24(36-15(4)30)23(35-14(3)29)9-17(18)7-19-20(25)11-32-26(19)31/h5-6,8-10,19-20,25H,7,11H2,1-4H3/t19-,20-,25+/m0/s1. The molecule has 188 valence electrons. The molecule has 0 N–H and O–H groups in total. The third-order valence-electron chi connectivity index (χ3n) is 5.99. The van der Waals surface area contributed by atoms with Gasteiger partial charge in [0.05, 0.1) is 12.5 Å². The minimum Gasteiger partial charge on any atom is -0.465 e. The molecule has 3 atom stereocenters. The van der Waals surface area contributed by atoms with Crippen molar-refractivity contribution in [3.63, 3.8) is 0 Å². The molecule has 10 heteroatoms. The van der Waals surface area contributed by atoms with E-state index in [-0.39, 0.29) is 41.5 Å². The number of carbonyl (C=O) groups excluding carboxylic acids is 5. The molecule has 2 aliphatic rings. The zero-order valence-corrected chi connectivity index (χ0v) is 20.1. The molecule has 1 heterocycles. The zero-order valence-electron chi connectivity index (χ0n) is 20.1. The van der Waals surface area contributed by atoms with Crippen LogP contribution in [0.25, 0.3) is 0 Å². The van der Waals surface area contributed by atoms with Crippen molar-refractivity contribution in [3.8, 4) is 23.0 Å². The van der Waals surface area contributed by atoms with Crippen LogP contribution in [0.3, 0.4) is 0 Å². The number of ether oxygens (including phenoxy) is 5. The topological polar surface area (TPSA) is 132 Å². The van der Waals surface area contributed by atoms with Gasteiger partial charge in [0.15, 0.2) is 23.0 Å². The molecular formula is C26H24O10. The van der Waals surface area contributed by atoms with E-state index in [0.717, 1.165) is 5.56 Å². The molecule has 0 bridgehead atoms. The Morgan fingerprint density at radius 2 is 1.28 bits per heavy atom. The predicted molar refractivity (Wildman–Crippen MR) is 122 cm³/mol. The first-order valence-corrected chi connectivity index (χ1v) is 11.2. The quantitative estimate of drug-likeness (QED) is 0.450. The second-order valence-electron chi connectivity index (χ2n) is 8.66. The van der Waals surface area contributed by atoms with E-state index in [9.17, 15) is 24.0 Å². The number of fused-ring (bicyclic) bond motifs is 2. The molecule has 1 fully saturated rings. The van der Waals surface area contributed by atoms with E-state index < -0.39 is 35.7 Å². The smallest absolute Gasteiger partial charge is 0.309 e.